The van der Waals surface area contributed by atoms with E-state index in [0.717, 1.165) is 6.08 Å². The lowest BCUT2D eigenvalue weighted by Crippen LogP contribution is -2.23. The molecule has 0 aromatic rings. The molecule has 0 fully saturated rings. The molecule has 0 aliphatic heterocycles. The van der Waals surface area contributed by atoms with Crippen molar-refractivity contribution in [1.82, 2.24) is 0 Å². The number of aldehydes is 2. The van der Waals surface area contributed by atoms with Crippen LogP contribution in [0.4, 0.5) is 0 Å². The summed E-state index contributed by atoms with van der Waals surface area (Å²) in [6, 6.07) is 0. The predicted octanol–water partition coefficient (Wildman–Crippen LogP) is 0.0131. The topological polar surface area (TPSA) is 63.6 Å². The average molecular weight is 158 g/mol. The zero-order chi connectivity index (χ0) is 8.91. The third-order valence-electron chi connectivity index (χ3n) is 0.716. The van der Waals surface area contributed by atoms with Gasteiger partial charge in [0.1, 0.15) is 6.29 Å². The molecule has 4 nitrogen and oxygen atoms in total. The molecule has 0 amide bonds. The Morgan fingerprint density at radius 2 is 2.00 bits per heavy atom. The Balaban J connectivity index is 4.20. The van der Waals surface area contributed by atoms with Crippen LogP contribution in [-0.4, -0.2) is 23.5 Å². The summed E-state index contributed by atoms with van der Waals surface area (Å²) < 4.78 is 4.64. The van der Waals surface area contributed by atoms with Crippen LogP contribution < -0.4 is 0 Å². The average Bonchev–Trinajstić information content (AvgIpc) is 1.84. The summed E-state index contributed by atoms with van der Waals surface area (Å²) in [6.45, 7) is 2.71. The van der Waals surface area contributed by atoms with E-state index in [-0.39, 0.29) is 5.76 Å². The molecule has 0 aromatic carbocycles. The van der Waals surface area contributed by atoms with Gasteiger partial charge in [-0.1, -0.05) is 0 Å². The third kappa shape index (κ3) is 5.29. The Morgan fingerprint density at radius 1 is 1.45 bits per heavy atom. The summed E-state index contributed by atoms with van der Waals surface area (Å²) in [5, 5.41) is 9.01. The van der Waals surface area contributed by atoms with Crippen molar-refractivity contribution in [3.05, 3.63) is 11.8 Å². The van der Waals surface area contributed by atoms with Crippen molar-refractivity contribution in [2.45, 2.75) is 19.6 Å². The molecule has 0 rings (SSSR count). The second kappa shape index (κ2) is 3.88. The lowest BCUT2D eigenvalue weighted by molar-refractivity contribution is -0.152. The molecule has 0 saturated carbocycles. The van der Waals surface area contributed by atoms with Crippen LogP contribution >= 0.6 is 0 Å². The molecule has 0 aliphatic carbocycles. The van der Waals surface area contributed by atoms with E-state index >= 15 is 0 Å². The van der Waals surface area contributed by atoms with Gasteiger partial charge in [-0.2, -0.15) is 0 Å². The summed E-state index contributed by atoms with van der Waals surface area (Å²) in [4.78, 5) is 20.0. The first-order valence-electron chi connectivity index (χ1n) is 3.01. The van der Waals surface area contributed by atoms with Crippen molar-refractivity contribution >= 4 is 12.6 Å². The highest BCUT2D eigenvalue weighted by Gasteiger charge is 2.14. The number of ether oxygens (including phenoxy) is 1. The van der Waals surface area contributed by atoms with E-state index in [0.29, 0.717) is 12.6 Å². The van der Waals surface area contributed by atoms with Crippen molar-refractivity contribution in [1.29, 1.82) is 0 Å². The van der Waals surface area contributed by atoms with Gasteiger partial charge >= 0.3 is 0 Å². The highest BCUT2D eigenvalue weighted by Crippen LogP contribution is 2.08. The zero-order valence-electron chi connectivity index (χ0n) is 6.40. The lowest BCUT2D eigenvalue weighted by atomic mass is 10.4. The Bertz CT molecular complexity index is 175. The summed E-state index contributed by atoms with van der Waals surface area (Å²) in [7, 11) is 0. The maximum atomic E-state index is 10.1. The fourth-order valence-corrected chi connectivity index (χ4v) is 0.453. The van der Waals surface area contributed by atoms with Gasteiger partial charge in [0.15, 0.2) is 12.0 Å². The van der Waals surface area contributed by atoms with Gasteiger partial charge in [-0.05, 0) is 0 Å². The Labute approximate surface area is 64.5 Å². The van der Waals surface area contributed by atoms with Gasteiger partial charge in [0.2, 0.25) is 5.79 Å². The molecule has 0 atom stereocenters. The Morgan fingerprint density at radius 3 is 2.27 bits per heavy atom. The zero-order valence-corrected chi connectivity index (χ0v) is 6.40. The maximum absolute atomic E-state index is 10.1. The number of carbonyl (C=O) groups excluding carboxylic acids is 2. The van der Waals surface area contributed by atoms with Crippen LogP contribution in [0.1, 0.15) is 13.8 Å². The second-order valence-corrected chi connectivity index (χ2v) is 2.37. The van der Waals surface area contributed by atoms with Gasteiger partial charge < -0.3 is 9.84 Å². The Hall–Kier alpha value is -1.16. The van der Waals surface area contributed by atoms with Gasteiger partial charge in [0.25, 0.3) is 0 Å². The van der Waals surface area contributed by atoms with Crippen molar-refractivity contribution in [3.8, 4) is 0 Å². The van der Waals surface area contributed by atoms with Crippen molar-refractivity contribution in [3.63, 3.8) is 0 Å². The molecule has 4 heteroatoms. The molecule has 0 saturated heterocycles. The third-order valence-corrected chi connectivity index (χ3v) is 0.716. The van der Waals surface area contributed by atoms with Crippen LogP contribution in [-0.2, 0) is 14.3 Å². The van der Waals surface area contributed by atoms with Gasteiger partial charge in [0, 0.05) is 19.9 Å². The monoisotopic (exact) mass is 158 g/mol. The number of hydrogen-bond acceptors (Lipinski definition) is 4. The summed E-state index contributed by atoms with van der Waals surface area (Å²) in [5.74, 6) is -1.62. The molecule has 62 valence electrons. The summed E-state index contributed by atoms with van der Waals surface area (Å²) >= 11 is 0. The minimum absolute atomic E-state index is 0.187. The Kier molecular flexibility index (Phi) is 3.47. The molecule has 0 spiro atoms. The van der Waals surface area contributed by atoms with Gasteiger partial charge in [-0.15, -0.1) is 0 Å². The molecular weight excluding hydrogens is 148 g/mol. The first-order valence-corrected chi connectivity index (χ1v) is 3.01. The smallest absolute Gasteiger partial charge is 0.202 e. The normalized spacial score (nSPS) is 12.5. The highest BCUT2D eigenvalue weighted by molar-refractivity contribution is 5.79. The number of aliphatic hydroxyl groups is 1. The predicted molar refractivity (Wildman–Crippen MR) is 37.6 cm³/mol. The van der Waals surface area contributed by atoms with Crippen LogP contribution in [0.15, 0.2) is 11.8 Å². The van der Waals surface area contributed by atoms with Crippen LogP contribution in [0, 0.1) is 0 Å². The van der Waals surface area contributed by atoms with E-state index in [1.54, 1.807) is 0 Å². The van der Waals surface area contributed by atoms with E-state index in [9.17, 15) is 9.59 Å². The molecule has 0 unspecified atom stereocenters. The minimum Gasteiger partial charge on any atom is -0.460 e. The van der Waals surface area contributed by atoms with Crippen molar-refractivity contribution < 1.29 is 19.4 Å². The molecule has 0 aliphatic rings. The maximum Gasteiger partial charge on any atom is 0.202 e. The standard InChI is InChI=1S/C7H10O4/c1-7(2,10)11-6(5-9)3-4-8/h3-5,10H,1-2H3/b6-3-. The summed E-state index contributed by atoms with van der Waals surface area (Å²) in [5.41, 5.74) is 0. The highest BCUT2D eigenvalue weighted by atomic mass is 16.6. The number of rotatable bonds is 4. The first-order chi connectivity index (χ1) is 4.99. The van der Waals surface area contributed by atoms with E-state index < -0.39 is 5.79 Å². The van der Waals surface area contributed by atoms with Crippen LogP contribution in [0.25, 0.3) is 0 Å². The molecule has 1 N–H and O–H groups in total. The fourth-order valence-electron chi connectivity index (χ4n) is 0.453. The molecule has 0 aromatic heterocycles. The minimum atomic E-state index is -1.43. The number of allylic oxidation sites excluding steroid dienone is 2. The van der Waals surface area contributed by atoms with E-state index in [4.69, 9.17) is 5.11 Å². The quantitative estimate of drug-likeness (QED) is 0.271. The van der Waals surface area contributed by atoms with Gasteiger partial charge in [0.05, 0.1) is 0 Å². The summed E-state index contributed by atoms with van der Waals surface area (Å²) in [6.07, 6.45) is 1.70. The fraction of sp³-hybridized carbons (Fsp3) is 0.429. The molecule has 0 bridgehead atoms. The molecule has 11 heavy (non-hydrogen) atoms. The largest absolute Gasteiger partial charge is 0.460 e. The van der Waals surface area contributed by atoms with Crippen LogP contribution in [0.3, 0.4) is 0 Å². The second-order valence-electron chi connectivity index (χ2n) is 2.37. The van der Waals surface area contributed by atoms with E-state index in [2.05, 4.69) is 4.74 Å². The molecular formula is C7H10O4. The first kappa shape index (κ1) is 9.84. The van der Waals surface area contributed by atoms with E-state index in [1.807, 2.05) is 0 Å². The number of hydrogen-bond donors (Lipinski definition) is 1. The van der Waals surface area contributed by atoms with Crippen molar-refractivity contribution in [2.24, 2.45) is 0 Å². The van der Waals surface area contributed by atoms with E-state index in [1.165, 1.54) is 13.8 Å². The lowest BCUT2D eigenvalue weighted by Gasteiger charge is -2.18. The SMILES string of the molecule is CC(C)(O)O/C(C=O)=C\C=O. The van der Waals surface area contributed by atoms with Crippen LogP contribution in [0.2, 0.25) is 0 Å². The van der Waals surface area contributed by atoms with Crippen LogP contribution in [0.5, 0.6) is 0 Å². The molecule has 0 heterocycles. The number of carbonyl (C=O) groups is 2. The van der Waals surface area contributed by atoms with Gasteiger partial charge in [-0.25, -0.2) is 0 Å². The van der Waals surface area contributed by atoms with Gasteiger partial charge in [-0.3, -0.25) is 9.59 Å². The van der Waals surface area contributed by atoms with Crippen molar-refractivity contribution in [2.75, 3.05) is 0 Å². The molecule has 0 radical (unpaired) electrons.